The third-order valence-corrected chi connectivity index (χ3v) is 4.96. The van der Waals surface area contributed by atoms with Gasteiger partial charge >= 0.3 is 0 Å². The van der Waals surface area contributed by atoms with Crippen LogP contribution in [0.4, 0.5) is 0 Å². The molecular formula is C19H30N2. The van der Waals surface area contributed by atoms with Crippen molar-refractivity contribution in [1.29, 1.82) is 0 Å². The summed E-state index contributed by atoms with van der Waals surface area (Å²) in [5.74, 6) is 7.05. The van der Waals surface area contributed by atoms with Gasteiger partial charge in [0.15, 0.2) is 0 Å². The Balaban J connectivity index is 2.30. The van der Waals surface area contributed by atoms with Crippen molar-refractivity contribution in [3.05, 3.63) is 47.5 Å². The Labute approximate surface area is 129 Å². The van der Waals surface area contributed by atoms with Crippen molar-refractivity contribution in [1.82, 2.24) is 5.43 Å². The van der Waals surface area contributed by atoms with E-state index in [1.54, 1.807) is 0 Å². The molecule has 0 aliphatic heterocycles. The monoisotopic (exact) mass is 286 g/mol. The predicted octanol–water partition coefficient (Wildman–Crippen LogP) is 4.54. The van der Waals surface area contributed by atoms with E-state index in [1.165, 1.54) is 49.7 Å². The molecule has 2 heteroatoms. The van der Waals surface area contributed by atoms with Crippen LogP contribution < -0.4 is 11.3 Å². The van der Waals surface area contributed by atoms with Gasteiger partial charge in [-0.3, -0.25) is 11.3 Å². The molecule has 0 saturated heterocycles. The van der Waals surface area contributed by atoms with Gasteiger partial charge in [0.2, 0.25) is 0 Å². The standard InChI is InChI=1S/C19H30N2/c1-3-15(2)18(16-11-9-6-10-12-16)19(21-20)17-13-7-4-5-8-14-17/h6,9-13,15,18-19,21H,3-5,7-8,14,20H2,1-2H3. The van der Waals surface area contributed by atoms with Crippen LogP contribution in [0, 0.1) is 5.92 Å². The Bertz CT molecular complexity index is 438. The Hall–Kier alpha value is -1.12. The normalized spacial score (nSPS) is 20.2. The molecule has 1 aliphatic rings. The van der Waals surface area contributed by atoms with Crippen molar-refractivity contribution in [3.8, 4) is 0 Å². The lowest BCUT2D eigenvalue weighted by Crippen LogP contribution is -2.43. The fourth-order valence-electron chi connectivity index (χ4n) is 3.54. The zero-order valence-corrected chi connectivity index (χ0v) is 13.5. The molecule has 1 aromatic rings. The van der Waals surface area contributed by atoms with Crippen LogP contribution in [0.5, 0.6) is 0 Å². The lowest BCUT2D eigenvalue weighted by Gasteiger charge is -2.33. The van der Waals surface area contributed by atoms with Crippen molar-refractivity contribution in [2.75, 3.05) is 0 Å². The molecule has 0 radical (unpaired) electrons. The fourth-order valence-corrected chi connectivity index (χ4v) is 3.54. The zero-order valence-electron chi connectivity index (χ0n) is 13.5. The van der Waals surface area contributed by atoms with Gasteiger partial charge in [-0.25, -0.2) is 0 Å². The van der Waals surface area contributed by atoms with E-state index in [1.807, 2.05) is 0 Å². The first-order valence-corrected chi connectivity index (χ1v) is 8.48. The van der Waals surface area contributed by atoms with Crippen LogP contribution in [-0.2, 0) is 0 Å². The molecule has 3 atom stereocenters. The summed E-state index contributed by atoms with van der Waals surface area (Å²) in [6, 6.07) is 11.1. The molecule has 21 heavy (non-hydrogen) atoms. The number of benzene rings is 1. The molecule has 0 heterocycles. The molecule has 116 valence electrons. The van der Waals surface area contributed by atoms with Gasteiger partial charge in [-0.1, -0.05) is 68.7 Å². The molecule has 3 unspecified atom stereocenters. The summed E-state index contributed by atoms with van der Waals surface area (Å²) >= 11 is 0. The minimum atomic E-state index is 0.264. The molecule has 2 rings (SSSR count). The Morgan fingerprint density at radius 1 is 1.14 bits per heavy atom. The van der Waals surface area contributed by atoms with Crippen LogP contribution in [0.25, 0.3) is 0 Å². The number of hydrazine groups is 1. The van der Waals surface area contributed by atoms with Gasteiger partial charge in [0.05, 0.1) is 0 Å². The van der Waals surface area contributed by atoms with Gasteiger partial charge in [-0.2, -0.15) is 0 Å². The van der Waals surface area contributed by atoms with Gasteiger partial charge < -0.3 is 0 Å². The van der Waals surface area contributed by atoms with Crippen molar-refractivity contribution >= 4 is 0 Å². The number of rotatable bonds is 6. The van der Waals surface area contributed by atoms with Crippen molar-refractivity contribution in [2.45, 2.75) is 64.3 Å². The lowest BCUT2D eigenvalue weighted by atomic mass is 9.77. The van der Waals surface area contributed by atoms with Crippen LogP contribution >= 0.6 is 0 Å². The smallest absolute Gasteiger partial charge is 0.0490 e. The van der Waals surface area contributed by atoms with Gasteiger partial charge in [0.25, 0.3) is 0 Å². The molecule has 0 aromatic heterocycles. The Morgan fingerprint density at radius 3 is 2.57 bits per heavy atom. The molecule has 0 amide bonds. The highest BCUT2D eigenvalue weighted by molar-refractivity contribution is 5.27. The van der Waals surface area contributed by atoms with E-state index in [2.05, 4.69) is 55.7 Å². The average molecular weight is 286 g/mol. The molecule has 3 N–H and O–H groups in total. The second kappa shape index (κ2) is 8.35. The Kier molecular flexibility index (Phi) is 6.47. The number of hydrogen-bond donors (Lipinski definition) is 2. The van der Waals surface area contributed by atoms with Crippen LogP contribution in [0.1, 0.15) is 63.9 Å². The molecule has 1 aliphatic carbocycles. The Morgan fingerprint density at radius 2 is 1.90 bits per heavy atom. The highest BCUT2D eigenvalue weighted by atomic mass is 15.2. The second-order valence-electron chi connectivity index (χ2n) is 6.34. The van der Waals surface area contributed by atoms with Crippen LogP contribution in [0.2, 0.25) is 0 Å². The van der Waals surface area contributed by atoms with Crippen LogP contribution in [0.3, 0.4) is 0 Å². The van der Waals surface area contributed by atoms with E-state index < -0.39 is 0 Å². The highest BCUT2D eigenvalue weighted by Gasteiger charge is 2.29. The summed E-state index contributed by atoms with van der Waals surface area (Å²) in [6.45, 7) is 4.62. The molecule has 0 saturated carbocycles. The van der Waals surface area contributed by atoms with Crippen molar-refractivity contribution < 1.29 is 0 Å². The summed E-state index contributed by atoms with van der Waals surface area (Å²) < 4.78 is 0. The average Bonchev–Trinajstić information content (AvgIpc) is 2.81. The zero-order chi connectivity index (χ0) is 15.1. The fraction of sp³-hybridized carbons (Fsp3) is 0.579. The maximum atomic E-state index is 5.99. The topological polar surface area (TPSA) is 38.0 Å². The van der Waals surface area contributed by atoms with E-state index in [0.717, 1.165) is 0 Å². The van der Waals surface area contributed by atoms with Crippen LogP contribution in [0.15, 0.2) is 42.0 Å². The van der Waals surface area contributed by atoms with E-state index in [9.17, 15) is 0 Å². The van der Waals surface area contributed by atoms with Gasteiger partial charge in [-0.05, 0) is 37.2 Å². The molecule has 2 nitrogen and oxygen atoms in total. The van der Waals surface area contributed by atoms with Crippen molar-refractivity contribution in [2.24, 2.45) is 11.8 Å². The number of nitrogens with one attached hydrogen (secondary N) is 1. The predicted molar refractivity (Wildman–Crippen MR) is 90.9 cm³/mol. The van der Waals surface area contributed by atoms with Crippen LogP contribution in [-0.4, -0.2) is 6.04 Å². The third-order valence-electron chi connectivity index (χ3n) is 4.96. The number of nitrogens with two attached hydrogens (primary N) is 1. The molecule has 1 aromatic carbocycles. The first-order chi connectivity index (χ1) is 10.3. The van der Waals surface area contributed by atoms with Gasteiger partial charge in [0, 0.05) is 12.0 Å². The van der Waals surface area contributed by atoms with E-state index in [-0.39, 0.29) is 6.04 Å². The maximum Gasteiger partial charge on any atom is 0.0490 e. The van der Waals surface area contributed by atoms with E-state index in [4.69, 9.17) is 5.84 Å². The first-order valence-electron chi connectivity index (χ1n) is 8.48. The molecule has 0 fully saturated rings. The maximum absolute atomic E-state index is 5.99. The quantitative estimate of drug-likeness (QED) is 0.458. The summed E-state index contributed by atoms with van der Waals surface area (Å²) in [4.78, 5) is 0. The molecule has 0 bridgehead atoms. The highest BCUT2D eigenvalue weighted by Crippen LogP contribution is 2.35. The first kappa shape index (κ1) is 16.3. The minimum absolute atomic E-state index is 0.264. The van der Waals surface area contributed by atoms with Gasteiger partial charge in [0.1, 0.15) is 0 Å². The summed E-state index contributed by atoms with van der Waals surface area (Å²) in [5.41, 5.74) is 6.07. The lowest BCUT2D eigenvalue weighted by molar-refractivity contribution is 0.360. The summed E-state index contributed by atoms with van der Waals surface area (Å²) in [6.07, 6.45) is 9.97. The van der Waals surface area contributed by atoms with E-state index in [0.29, 0.717) is 11.8 Å². The third kappa shape index (κ3) is 4.18. The number of hydrogen-bond acceptors (Lipinski definition) is 2. The SMILES string of the molecule is CCC(C)C(c1ccccc1)C(NN)C1=CCCCCC1. The largest absolute Gasteiger partial charge is 0.271 e. The number of allylic oxidation sites excluding steroid dienone is 1. The van der Waals surface area contributed by atoms with E-state index >= 15 is 0 Å². The summed E-state index contributed by atoms with van der Waals surface area (Å²) in [5, 5.41) is 0. The minimum Gasteiger partial charge on any atom is -0.271 e. The summed E-state index contributed by atoms with van der Waals surface area (Å²) in [7, 11) is 0. The second-order valence-corrected chi connectivity index (χ2v) is 6.34. The van der Waals surface area contributed by atoms with Crippen molar-refractivity contribution in [3.63, 3.8) is 0 Å². The van der Waals surface area contributed by atoms with Gasteiger partial charge in [-0.15, -0.1) is 0 Å². The molecule has 0 spiro atoms. The molecular weight excluding hydrogens is 256 g/mol.